The molecule has 0 radical (unpaired) electrons. The fourth-order valence-corrected chi connectivity index (χ4v) is 1.80. The molecule has 1 aliphatic rings. The second-order valence-corrected chi connectivity index (χ2v) is 4.15. The molecule has 0 unspecified atom stereocenters. The number of ketones is 1. The Morgan fingerprint density at radius 1 is 1.38 bits per heavy atom. The predicted octanol–water partition coefficient (Wildman–Crippen LogP) is 2.82. The smallest absolute Gasteiger partial charge is 0.157 e. The zero-order valence-electron chi connectivity index (χ0n) is 8.59. The van der Waals surface area contributed by atoms with E-state index in [-0.39, 0.29) is 10.8 Å². The molecule has 16 heavy (non-hydrogen) atoms. The SMILES string of the molecule is O=C1C=C(NCc2ccc(F)c(Cl)c2)CC1. The Hall–Kier alpha value is -1.35. The van der Waals surface area contributed by atoms with Crippen molar-refractivity contribution < 1.29 is 9.18 Å². The molecule has 2 nitrogen and oxygen atoms in total. The summed E-state index contributed by atoms with van der Waals surface area (Å²) in [7, 11) is 0. The summed E-state index contributed by atoms with van der Waals surface area (Å²) in [6.45, 7) is 0.555. The van der Waals surface area contributed by atoms with Crippen LogP contribution in [0.4, 0.5) is 4.39 Å². The van der Waals surface area contributed by atoms with Crippen molar-refractivity contribution >= 4 is 17.4 Å². The highest BCUT2D eigenvalue weighted by molar-refractivity contribution is 6.30. The molecule has 84 valence electrons. The number of carbonyl (C=O) groups is 1. The van der Waals surface area contributed by atoms with Crippen LogP contribution >= 0.6 is 11.6 Å². The first-order valence-electron chi connectivity index (χ1n) is 5.06. The molecule has 0 saturated heterocycles. The minimum atomic E-state index is -0.416. The van der Waals surface area contributed by atoms with Crippen LogP contribution in [0.3, 0.4) is 0 Å². The van der Waals surface area contributed by atoms with Gasteiger partial charge in [0.25, 0.3) is 0 Å². The van der Waals surface area contributed by atoms with Gasteiger partial charge in [-0.05, 0) is 24.1 Å². The molecular weight excluding hydrogens is 229 g/mol. The molecule has 0 fully saturated rings. The van der Waals surface area contributed by atoms with Gasteiger partial charge in [-0.25, -0.2) is 4.39 Å². The fraction of sp³-hybridized carbons (Fsp3) is 0.250. The minimum Gasteiger partial charge on any atom is -0.384 e. The molecule has 0 aromatic heterocycles. The lowest BCUT2D eigenvalue weighted by molar-refractivity contribution is -0.114. The molecule has 2 rings (SSSR count). The van der Waals surface area contributed by atoms with Gasteiger partial charge in [0.15, 0.2) is 5.78 Å². The van der Waals surface area contributed by atoms with Crippen molar-refractivity contribution in [2.45, 2.75) is 19.4 Å². The number of hydrogen-bond donors (Lipinski definition) is 1. The third kappa shape index (κ3) is 2.61. The first-order valence-corrected chi connectivity index (χ1v) is 5.44. The van der Waals surface area contributed by atoms with Gasteiger partial charge >= 0.3 is 0 Å². The molecule has 1 aromatic carbocycles. The van der Waals surface area contributed by atoms with Crippen LogP contribution in [0.5, 0.6) is 0 Å². The van der Waals surface area contributed by atoms with Crippen molar-refractivity contribution in [2.24, 2.45) is 0 Å². The normalized spacial score (nSPS) is 15.1. The molecule has 1 aliphatic carbocycles. The highest BCUT2D eigenvalue weighted by Crippen LogP contribution is 2.17. The van der Waals surface area contributed by atoms with E-state index >= 15 is 0 Å². The average molecular weight is 240 g/mol. The van der Waals surface area contributed by atoms with Crippen molar-refractivity contribution in [1.29, 1.82) is 0 Å². The van der Waals surface area contributed by atoms with Crippen LogP contribution in [0.25, 0.3) is 0 Å². The summed E-state index contributed by atoms with van der Waals surface area (Å²) in [5.41, 5.74) is 1.83. The summed E-state index contributed by atoms with van der Waals surface area (Å²) in [6, 6.07) is 4.60. The van der Waals surface area contributed by atoms with Gasteiger partial charge in [-0.1, -0.05) is 17.7 Å². The topological polar surface area (TPSA) is 29.1 Å². The van der Waals surface area contributed by atoms with E-state index in [4.69, 9.17) is 11.6 Å². The molecule has 1 N–H and O–H groups in total. The second kappa shape index (κ2) is 4.66. The summed E-state index contributed by atoms with van der Waals surface area (Å²) < 4.78 is 12.9. The van der Waals surface area contributed by atoms with Crippen molar-refractivity contribution in [1.82, 2.24) is 5.32 Å². The van der Waals surface area contributed by atoms with Crippen molar-refractivity contribution in [3.8, 4) is 0 Å². The standard InChI is InChI=1S/C12H11ClFNO/c13-11-5-8(1-4-12(11)14)7-15-9-2-3-10(16)6-9/h1,4-6,15H,2-3,7H2. The van der Waals surface area contributed by atoms with Gasteiger partial charge in [-0.2, -0.15) is 0 Å². The Kier molecular flexibility index (Phi) is 3.25. The molecule has 0 aliphatic heterocycles. The van der Waals surface area contributed by atoms with Crippen molar-refractivity contribution in [3.63, 3.8) is 0 Å². The first-order chi connectivity index (χ1) is 7.65. The van der Waals surface area contributed by atoms with E-state index in [2.05, 4.69) is 5.32 Å². The maximum absolute atomic E-state index is 12.9. The zero-order valence-corrected chi connectivity index (χ0v) is 9.35. The summed E-state index contributed by atoms with van der Waals surface area (Å²) in [5, 5.41) is 3.26. The minimum absolute atomic E-state index is 0.121. The largest absolute Gasteiger partial charge is 0.384 e. The molecule has 0 heterocycles. The van der Waals surface area contributed by atoms with E-state index in [0.717, 1.165) is 17.7 Å². The molecule has 4 heteroatoms. The summed E-state index contributed by atoms with van der Waals surface area (Å²) in [4.78, 5) is 11.0. The Bertz CT molecular complexity index is 456. The maximum atomic E-state index is 12.9. The number of nitrogens with one attached hydrogen (secondary N) is 1. The lowest BCUT2D eigenvalue weighted by atomic mass is 10.2. The van der Waals surface area contributed by atoms with E-state index in [0.29, 0.717) is 13.0 Å². The third-order valence-electron chi connectivity index (χ3n) is 2.48. The van der Waals surface area contributed by atoms with Gasteiger partial charge in [0.05, 0.1) is 5.02 Å². The molecule has 1 aromatic rings. The quantitative estimate of drug-likeness (QED) is 0.879. The summed E-state index contributed by atoms with van der Waals surface area (Å²) in [6.07, 6.45) is 2.95. The van der Waals surface area contributed by atoms with Gasteiger partial charge in [0, 0.05) is 24.7 Å². The van der Waals surface area contributed by atoms with E-state index in [9.17, 15) is 9.18 Å². The zero-order chi connectivity index (χ0) is 11.5. The van der Waals surface area contributed by atoms with Crippen molar-refractivity contribution in [3.05, 3.63) is 46.4 Å². The number of hydrogen-bond acceptors (Lipinski definition) is 2. The highest BCUT2D eigenvalue weighted by atomic mass is 35.5. The fourth-order valence-electron chi connectivity index (χ4n) is 1.60. The van der Waals surface area contributed by atoms with E-state index < -0.39 is 5.82 Å². The summed E-state index contributed by atoms with van der Waals surface area (Å²) >= 11 is 5.66. The maximum Gasteiger partial charge on any atom is 0.157 e. The van der Waals surface area contributed by atoms with Gasteiger partial charge in [0.1, 0.15) is 5.82 Å². The van der Waals surface area contributed by atoms with Crippen molar-refractivity contribution in [2.75, 3.05) is 0 Å². The molecular formula is C12H11ClFNO. The molecule has 0 atom stereocenters. The number of carbonyl (C=O) groups excluding carboxylic acids is 1. The average Bonchev–Trinajstić information content (AvgIpc) is 2.66. The second-order valence-electron chi connectivity index (χ2n) is 3.74. The first kappa shape index (κ1) is 11.1. The van der Waals surface area contributed by atoms with Crippen LogP contribution in [0.1, 0.15) is 18.4 Å². The van der Waals surface area contributed by atoms with E-state index in [1.807, 2.05) is 0 Å². The van der Waals surface area contributed by atoms with E-state index in [1.165, 1.54) is 6.07 Å². The van der Waals surface area contributed by atoms with Gasteiger partial charge in [-0.3, -0.25) is 4.79 Å². The van der Waals surface area contributed by atoms with Gasteiger partial charge in [0.2, 0.25) is 0 Å². The Balaban J connectivity index is 1.97. The van der Waals surface area contributed by atoms with Gasteiger partial charge in [-0.15, -0.1) is 0 Å². The Labute approximate surface area is 98.1 Å². The lowest BCUT2D eigenvalue weighted by Crippen LogP contribution is -2.11. The highest BCUT2D eigenvalue weighted by Gasteiger charge is 2.11. The molecule has 0 bridgehead atoms. The number of rotatable bonds is 3. The van der Waals surface area contributed by atoms with Crippen LogP contribution in [0, 0.1) is 5.82 Å². The summed E-state index contributed by atoms with van der Waals surface area (Å²) in [5.74, 6) is -0.264. The lowest BCUT2D eigenvalue weighted by Gasteiger charge is -2.07. The van der Waals surface area contributed by atoms with Crippen LogP contribution in [-0.2, 0) is 11.3 Å². The molecule has 0 amide bonds. The monoisotopic (exact) mass is 239 g/mol. The molecule has 0 saturated carbocycles. The van der Waals surface area contributed by atoms with Crippen LogP contribution < -0.4 is 5.32 Å². The van der Waals surface area contributed by atoms with E-state index in [1.54, 1.807) is 18.2 Å². The van der Waals surface area contributed by atoms with Crippen LogP contribution in [0.15, 0.2) is 30.0 Å². The predicted molar refractivity (Wildman–Crippen MR) is 60.6 cm³/mol. The Morgan fingerprint density at radius 3 is 2.81 bits per heavy atom. The third-order valence-corrected chi connectivity index (χ3v) is 2.77. The molecule has 0 spiro atoms. The Morgan fingerprint density at radius 2 is 2.19 bits per heavy atom. The van der Waals surface area contributed by atoms with Gasteiger partial charge < -0.3 is 5.32 Å². The van der Waals surface area contributed by atoms with Crippen LogP contribution in [-0.4, -0.2) is 5.78 Å². The number of benzene rings is 1. The van der Waals surface area contributed by atoms with Crippen LogP contribution in [0.2, 0.25) is 5.02 Å². The number of allylic oxidation sites excluding steroid dienone is 2. The number of halogens is 2.